The van der Waals surface area contributed by atoms with Crippen molar-refractivity contribution in [3.8, 4) is 0 Å². The minimum absolute atomic E-state index is 0.00540. The number of hydrogen-bond acceptors (Lipinski definition) is 4. The fourth-order valence-electron chi connectivity index (χ4n) is 2.62. The number of nitrogens with one attached hydrogen (secondary N) is 2. The molecule has 2 aliphatic rings. The molecule has 20 heavy (non-hydrogen) atoms. The van der Waals surface area contributed by atoms with Gasteiger partial charge in [-0.1, -0.05) is 0 Å². The Kier molecular flexibility index (Phi) is 3.76. The van der Waals surface area contributed by atoms with E-state index in [0.717, 1.165) is 38.3 Å². The Balaban J connectivity index is 1.50. The first-order valence-corrected chi connectivity index (χ1v) is 7.26. The number of amides is 1. The van der Waals surface area contributed by atoms with E-state index in [9.17, 15) is 4.79 Å². The number of rotatable bonds is 5. The van der Waals surface area contributed by atoms with Gasteiger partial charge in [-0.05, 0) is 19.8 Å². The van der Waals surface area contributed by atoms with Gasteiger partial charge in [-0.2, -0.15) is 0 Å². The molecule has 2 heterocycles. The Morgan fingerprint density at radius 1 is 1.65 bits per heavy atom. The van der Waals surface area contributed by atoms with Gasteiger partial charge in [-0.3, -0.25) is 4.79 Å². The largest absolute Gasteiger partial charge is 0.366 e. The highest BCUT2D eigenvalue weighted by atomic mass is 16.5. The predicted molar refractivity (Wildman–Crippen MR) is 74.3 cm³/mol. The summed E-state index contributed by atoms with van der Waals surface area (Å²) in [5.74, 6) is 1.04. The average molecular weight is 278 g/mol. The van der Waals surface area contributed by atoms with E-state index in [2.05, 4.69) is 20.2 Å². The number of imidazole rings is 1. The smallest absolute Gasteiger partial charge is 0.250 e. The molecule has 6 nitrogen and oxygen atoms in total. The zero-order valence-corrected chi connectivity index (χ0v) is 11.9. The molecule has 1 saturated heterocycles. The average Bonchev–Trinajstić information content (AvgIpc) is 3.13. The molecule has 3 rings (SSSR count). The first-order valence-electron chi connectivity index (χ1n) is 7.26. The van der Waals surface area contributed by atoms with Crippen molar-refractivity contribution in [1.29, 1.82) is 0 Å². The summed E-state index contributed by atoms with van der Waals surface area (Å²) in [7, 11) is 0. The molecule has 1 aliphatic carbocycles. The van der Waals surface area contributed by atoms with Crippen molar-refractivity contribution >= 4 is 5.91 Å². The molecule has 2 N–H and O–H groups in total. The summed E-state index contributed by atoms with van der Waals surface area (Å²) >= 11 is 0. The second-order valence-electron chi connectivity index (χ2n) is 5.88. The first-order chi connectivity index (χ1) is 9.69. The summed E-state index contributed by atoms with van der Waals surface area (Å²) in [6.07, 6.45) is 5.81. The molecule has 1 aromatic rings. The molecular formula is C14H22N4O2. The third-order valence-electron chi connectivity index (χ3n) is 4.24. The molecule has 0 unspecified atom stereocenters. The van der Waals surface area contributed by atoms with Crippen LogP contribution in [0.5, 0.6) is 0 Å². The van der Waals surface area contributed by atoms with Crippen molar-refractivity contribution in [1.82, 2.24) is 20.2 Å². The van der Waals surface area contributed by atoms with Gasteiger partial charge in [-0.15, -0.1) is 0 Å². The van der Waals surface area contributed by atoms with E-state index in [-0.39, 0.29) is 17.4 Å². The minimum atomic E-state index is -0.338. The van der Waals surface area contributed by atoms with Crippen molar-refractivity contribution in [3.63, 3.8) is 0 Å². The molecule has 6 heteroatoms. The summed E-state index contributed by atoms with van der Waals surface area (Å²) in [5.41, 5.74) is 0.212. The second kappa shape index (κ2) is 5.54. The second-order valence-corrected chi connectivity index (χ2v) is 5.88. The van der Waals surface area contributed by atoms with Gasteiger partial charge in [-0.25, -0.2) is 4.98 Å². The van der Waals surface area contributed by atoms with Crippen LogP contribution in [0.15, 0.2) is 12.4 Å². The Morgan fingerprint density at radius 2 is 2.50 bits per heavy atom. The molecule has 0 aromatic carbocycles. The zero-order chi connectivity index (χ0) is 14.0. The van der Waals surface area contributed by atoms with E-state index >= 15 is 0 Å². The maximum absolute atomic E-state index is 12.0. The number of nitrogens with zero attached hydrogens (tertiary/aromatic N) is 2. The fraction of sp³-hybridized carbons (Fsp3) is 0.714. The van der Waals surface area contributed by atoms with E-state index in [1.807, 2.05) is 19.3 Å². The lowest BCUT2D eigenvalue weighted by Crippen LogP contribution is -2.49. The Hall–Kier alpha value is -1.40. The van der Waals surface area contributed by atoms with Gasteiger partial charge in [0, 0.05) is 44.0 Å². The predicted octanol–water partition coefficient (Wildman–Crippen LogP) is 0.0763. The first kappa shape index (κ1) is 13.6. The van der Waals surface area contributed by atoms with Gasteiger partial charge in [0.1, 0.15) is 11.9 Å². The van der Waals surface area contributed by atoms with Crippen molar-refractivity contribution in [3.05, 3.63) is 18.2 Å². The Labute approximate surface area is 118 Å². The highest BCUT2D eigenvalue weighted by Crippen LogP contribution is 2.46. The number of aromatic nitrogens is 2. The van der Waals surface area contributed by atoms with Crippen LogP contribution in [-0.4, -0.2) is 47.8 Å². The van der Waals surface area contributed by atoms with Gasteiger partial charge in [0.25, 0.3) is 0 Å². The van der Waals surface area contributed by atoms with E-state index in [4.69, 9.17) is 4.74 Å². The summed E-state index contributed by atoms with van der Waals surface area (Å²) in [6, 6.07) is 0. The van der Waals surface area contributed by atoms with Crippen LogP contribution in [0.2, 0.25) is 0 Å². The molecule has 2 fully saturated rings. The van der Waals surface area contributed by atoms with Crippen LogP contribution < -0.4 is 10.6 Å². The quantitative estimate of drug-likeness (QED) is 0.800. The Bertz CT molecular complexity index is 475. The lowest BCUT2D eigenvalue weighted by Gasteiger charge is -2.24. The van der Waals surface area contributed by atoms with Gasteiger partial charge in [0.15, 0.2) is 0 Å². The maximum Gasteiger partial charge on any atom is 0.250 e. The molecule has 0 radical (unpaired) electrons. The zero-order valence-electron chi connectivity index (χ0n) is 11.9. The molecule has 0 bridgehead atoms. The topological polar surface area (TPSA) is 68.2 Å². The van der Waals surface area contributed by atoms with Crippen LogP contribution in [-0.2, 0) is 16.1 Å². The summed E-state index contributed by atoms with van der Waals surface area (Å²) in [6.45, 7) is 5.72. The Morgan fingerprint density at radius 3 is 3.10 bits per heavy atom. The molecule has 0 spiro atoms. The molecule has 1 aromatic heterocycles. The van der Waals surface area contributed by atoms with Crippen LogP contribution in [0.4, 0.5) is 0 Å². The highest BCUT2D eigenvalue weighted by molar-refractivity contribution is 5.81. The van der Waals surface area contributed by atoms with Crippen LogP contribution in [0.25, 0.3) is 0 Å². The lowest BCUT2D eigenvalue weighted by atomic mass is 10.1. The molecule has 110 valence electrons. The normalized spacial score (nSPS) is 24.4. The van der Waals surface area contributed by atoms with Crippen molar-refractivity contribution in [2.24, 2.45) is 5.41 Å². The monoisotopic (exact) mass is 278 g/mol. The van der Waals surface area contributed by atoms with Gasteiger partial charge in [0.05, 0.1) is 6.61 Å². The van der Waals surface area contributed by atoms with Gasteiger partial charge < -0.3 is 19.9 Å². The number of aryl methyl sites for hydroxylation is 1. The standard InChI is InChI=1S/C14H22N4O2/c1-11-16-4-6-18(11)10-14(2-3-14)9-17-13(19)12-8-15-5-7-20-12/h4,6,12,15H,2-3,5,7-10H2,1H3,(H,17,19)/t12-/m1/s1. The minimum Gasteiger partial charge on any atom is -0.366 e. The van der Waals surface area contributed by atoms with E-state index in [1.54, 1.807) is 0 Å². The number of hydrogen-bond donors (Lipinski definition) is 2. The summed E-state index contributed by atoms with van der Waals surface area (Å²) in [5, 5.41) is 6.22. The van der Waals surface area contributed by atoms with E-state index in [0.29, 0.717) is 13.2 Å². The molecule has 1 atom stereocenters. The molecule has 1 saturated carbocycles. The van der Waals surface area contributed by atoms with Crippen molar-refractivity contribution < 1.29 is 9.53 Å². The highest BCUT2D eigenvalue weighted by Gasteiger charge is 2.43. The fourth-order valence-corrected chi connectivity index (χ4v) is 2.62. The molecule has 1 aliphatic heterocycles. The van der Waals surface area contributed by atoms with Crippen LogP contribution >= 0.6 is 0 Å². The summed E-state index contributed by atoms with van der Waals surface area (Å²) < 4.78 is 7.63. The van der Waals surface area contributed by atoms with Crippen LogP contribution in [0, 0.1) is 12.3 Å². The number of morpholine rings is 1. The summed E-state index contributed by atoms with van der Waals surface area (Å²) in [4.78, 5) is 16.3. The lowest BCUT2D eigenvalue weighted by molar-refractivity contribution is -0.134. The SMILES string of the molecule is Cc1nccn1CC1(CNC(=O)[C@H]2CNCCO2)CC1. The van der Waals surface area contributed by atoms with Crippen molar-refractivity contribution in [2.75, 3.05) is 26.2 Å². The van der Waals surface area contributed by atoms with Crippen LogP contribution in [0.1, 0.15) is 18.7 Å². The number of carbonyl (C=O) groups excluding carboxylic acids is 1. The van der Waals surface area contributed by atoms with Gasteiger partial charge in [0.2, 0.25) is 5.91 Å². The van der Waals surface area contributed by atoms with Crippen molar-refractivity contribution in [2.45, 2.75) is 32.4 Å². The van der Waals surface area contributed by atoms with E-state index < -0.39 is 0 Å². The third-order valence-corrected chi connectivity index (χ3v) is 4.24. The van der Waals surface area contributed by atoms with Gasteiger partial charge >= 0.3 is 0 Å². The third kappa shape index (κ3) is 3.02. The van der Waals surface area contributed by atoms with E-state index in [1.165, 1.54) is 0 Å². The number of carbonyl (C=O) groups is 1. The molecular weight excluding hydrogens is 256 g/mol. The molecule has 1 amide bonds. The van der Waals surface area contributed by atoms with Crippen LogP contribution in [0.3, 0.4) is 0 Å². The number of ether oxygens (including phenoxy) is 1. The maximum atomic E-state index is 12.0.